The van der Waals surface area contributed by atoms with Crippen LogP contribution in [0.3, 0.4) is 0 Å². The van der Waals surface area contributed by atoms with E-state index >= 15 is 0 Å². The van der Waals surface area contributed by atoms with E-state index in [1.807, 2.05) is 9.80 Å². The fourth-order valence-corrected chi connectivity index (χ4v) is 6.43. The molecule has 0 aromatic rings. The van der Waals surface area contributed by atoms with Gasteiger partial charge in [-0.2, -0.15) is 0 Å². The zero-order valence-electron chi connectivity index (χ0n) is 36.2. The number of hydrogen-bond acceptors (Lipinski definition) is 7. The van der Waals surface area contributed by atoms with Crippen LogP contribution in [0.25, 0.3) is 0 Å². The molecule has 0 saturated heterocycles. The largest absolute Gasteiger partial charge is 0.378 e. The molecule has 324 valence electrons. The van der Waals surface area contributed by atoms with Crippen LogP contribution in [0.15, 0.2) is 0 Å². The van der Waals surface area contributed by atoms with E-state index in [1.165, 1.54) is 103 Å². The summed E-state index contributed by atoms with van der Waals surface area (Å²) in [5, 5.41) is 5.48. The summed E-state index contributed by atoms with van der Waals surface area (Å²) in [6.07, 6.45) is 28.3. The number of hydrogen-bond donors (Lipinski definition) is 2. The van der Waals surface area contributed by atoms with Crippen LogP contribution in [0.5, 0.6) is 0 Å². The van der Waals surface area contributed by atoms with Crippen molar-refractivity contribution in [3.05, 3.63) is 0 Å². The third kappa shape index (κ3) is 35.9. The number of rotatable bonds is 42. The summed E-state index contributed by atoms with van der Waals surface area (Å²) in [6.45, 7) is 12.5. The predicted octanol–water partition coefficient (Wildman–Crippen LogP) is 8.37. The second kappa shape index (κ2) is 41.4. The molecule has 4 amide bonds. The summed E-state index contributed by atoms with van der Waals surface area (Å²) < 4.78 is 16.5. The molecular weight excluding hydrogens is 697 g/mol. The fourth-order valence-electron chi connectivity index (χ4n) is 6.43. The van der Waals surface area contributed by atoms with E-state index in [0.717, 1.165) is 77.5 Å². The Morgan fingerprint density at radius 1 is 0.364 bits per heavy atom. The van der Waals surface area contributed by atoms with Gasteiger partial charge in [0.1, 0.15) is 26.4 Å². The molecule has 0 fully saturated rings. The minimum Gasteiger partial charge on any atom is -0.378 e. The zero-order chi connectivity index (χ0) is 40.5. The normalized spacial score (nSPS) is 11.1. The average Bonchev–Trinajstić information content (AvgIpc) is 3.17. The van der Waals surface area contributed by atoms with Crippen LogP contribution in [-0.2, 0) is 33.4 Å². The minimum absolute atomic E-state index is 0.0498. The lowest BCUT2D eigenvalue weighted by Gasteiger charge is -2.23. The van der Waals surface area contributed by atoms with E-state index in [0.29, 0.717) is 13.1 Å². The van der Waals surface area contributed by atoms with Gasteiger partial charge in [-0.05, 0) is 25.7 Å². The zero-order valence-corrected chi connectivity index (χ0v) is 36.2. The van der Waals surface area contributed by atoms with Gasteiger partial charge < -0.3 is 34.6 Å². The second-order valence-electron chi connectivity index (χ2n) is 15.1. The van der Waals surface area contributed by atoms with Gasteiger partial charge in [0, 0.05) is 39.3 Å². The Hall–Kier alpha value is -2.24. The summed E-state index contributed by atoms with van der Waals surface area (Å²) in [5.74, 6) is -0.697. The molecule has 0 aromatic carbocycles. The standard InChI is InChI=1S/C44H86N4O7/c1-5-9-13-17-21-25-31-47(32-26-22-18-14-10-6-2)43(51)39-54-37-41(49)45-29-35-53-36-30-46-42(50)38-55-40-44(52)48(33-27-23-19-15-11-7-3)34-28-24-20-16-12-8-4/h5-40H2,1-4H3,(H,45,49)(H,46,50). The molecule has 0 bridgehead atoms. The fraction of sp³-hybridized carbons (Fsp3) is 0.909. The first-order valence-corrected chi connectivity index (χ1v) is 22.7. The van der Waals surface area contributed by atoms with E-state index in [1.54, 1.807) is 0 Å². The summed E-state index contributed by atoms with van der Waals surface area (Å²) in [5.41, 5.74) is 0. The van der Waals surface area contributed by atoms with Crippen molar-refractivity contribution in [2.75, 3.05) is 78.9 Å². The number of carbonyl (C=O) groups excluding carboxylic acids is 4. The van der Waals surface area contributed by atoms with E-state index < -0.39 is 0 Å². The molecule has 0 aliphatic heterocycles. The van der Waals surface area contributed by atoms with Crippen LogP contribution < -0.4 is 10.6 Å². The van der Waals surface area contributed by atoms with Crippen LogP contribution in [-0.4, -0.2) is 112 Å². The third-order valence-electron chi connectivity index (χ3n) is 9.89. The molecule has 0 radical (unpaired) electrons. The van der Waals surface area contributed by atoms with Gasteiger partial charge in [-0.3, -0.25) is 19.2 Å². The maximum Gasteiger partial charge on any atom is 0.248 e. The number of ether oxygens (including phenoxy) is 3. The molecule has 0 spiro atoms. The van der Waals surface area contributed by atoms with Crippen molar-refractivity contribution < 1.29 is 33.4 Å². The molecule has 0 heterocycles. The summed E-state index contributed by atoms with van der Waals surface area (Å²) >= 11 is 0. The molecule has 0 atom stereocenters. The Bertz CT molecular complexity index is 805. The highest BCUT2D eigenvalue weighted by molar-refractivity contribution is 5.80. The number of amides is 4. The van der Waals surface area contributed by atoms with E-state index in [9.17, 15) is 19.2 Å². The smallest absolute Gasteiger partial charge is 0.248 e. The van der Waals surface area contributed by atoms with Crippen LogP contribution in [0.4, 0.5) is 0 Å². The number of unbranched alkanes of at least 4 members (excludes halogenated alkanes) is 20. The molecule has 0 unspecified atom stereocenters. The maximum atomic E-state index is 12.9. The predicted molar refractivity (Wildman–Crippen MR) is 225 cm³/mol. The van der Waals surface area contributed by atoms with E-state index in [-0.39, 0.29) is 63.3 Å². The molecule has 11 nitrogen and oxygen atoms in total. The third-order valence-corrected chi connectivity index (χ3v) is 9.89. The number of nitrogens with zero attached hydrogens (tertiary/aromatic N) is 2. The van der Waals surface area contributed by atoms with Crippen molar-refractivity contribution in [1.29, 1.82) is 0 Å². The highest BCUT2D eigenvalue weighted by atomic mass is 16.5. The first-order valence-electron chi connectivity index (χ1n) is 22.7. The highest BCUT2D eigenvalue weighted by Gasteiger charge is 2.16. The summed E-state index contributed by atoms with van der Waals surface area (Å²) in [7, 11) is 0. The Labute approximate surface area is 337 Å². The first-order chi connectivity index (χ1) is 26.9. The van der Waals surface area contributed by atoms with Crippen LogP contribution in [0.2, 0.25) is 0 Å². The van der Waals surface area contributed by atoms with Gasteiger partial charge in [0.05, 0.1) is 13.2 Å². The average molecular weight is 783 g/mol. The molecule has 0 aromatic heterocycles. The summed E-state index contributed by atoms with van der Waals surface area (Å²) in [4.78, 5) is 54.1. The monoisotopic (exact) mass is 783 g/mol. The van der Waals surface area contributed by atoms with Crippen molar-refractivity contribution in [2.24, 2.45) is 0 Å². The Balaban J connectivity index is 4.20. The van der Waals surface area contributed by atoms with Gasteiger partial charge in [0.25, 0.3) is 0 Å². The number of carbonyl (C=O) groups is 4. The Morgan fingerprint density at radius 2 is 0.636 bits per heavy atom. The van der Waals surface area contributed by atoms with Crippen LogP contribution >= 0.6 is 0 Å². The van der Waals surface area contributed by atoms with Crippen LogP contribution in [0.1, 0.15) is 182 Å². The van der Waals surface area contributed by atoms with Gasteiger partial charge in [0.15, 0.2) is 0 Å². The first kappa shape index (κ1) is 52.8. The van der Waals surface area contributed by atoms with E-state index in [2.05, 4.69) is 38.3 Å². The molecule has 2 N–H and O–H groups in total. The molecule has 0 saturated carbocycles. The van der Waals surface area contributed by atoms with Crippen LogP contribution in [0, 0.1) is 0 Å². The summed E-state index contributed by atoms with van der Waals surface area (Å²) in [6, 6.07) is 0. The minimum atomic E-state index is -0.299. The van der Waals surface area contributed by atoms with Crippen molar-refractivity contribution in [1.82, 2.24) is 20.4 Å². The van der Waals surface area contributed by atoms with Crippen molar-refractivity contribution >= 4 is 23.6 Å². The lowest BCUT2D eigenvalue weighted by Crippen LogP contribution is -2.38. The lowest BCUT2D eigenvalue weighted by molar-refractivity contribution is -0.139. The molecule has 55 heavy (non-hydrogen) atoms. The second-order valence-corrected chi connectivity index (χ2v) is 15.1. The SMILES string of the molecule is CCCCCCCCN(CCCCCCCC)C(=O)COCC(=O)NCCOCCNC(=O)COCC(=O)N(CCCCCCCC)CCCCCCCC. The molecule has 0 aliphatic carbocycles. The van der Waals surface area contributed by atoms with Crippen molar-refractivity contribution in [3.8, 4) is 0 Å². The Morgan fingerprint density at radius 3 is 0.927 bits per heavy atom. The number of nitrogens with one attached hydrogen (secondary N) is 2. The lowest BCUT2D eigenvalue weighted by atomic mass is 10.1. The van der Waals surface area contributed by atoms with Gasteiger partial charge in [0.2, 0.25) is 23.6 Å². The molecule has 11 heteroatoms. The topological polar surface area (TPSA) is 127 Å². The van der Waals surface area contributed by atoms with Gasteiger partial charge in [-0.15, -0.1) is 0 Å². The molecule has 0 aliphatic rings. The van der Waals surface area contributed by atoms with Crippen molar-refractivity contribution in [3.63, 3.8) is 0 Å². The maximum absolute atomic E-state index is 12.9. The Kier molecular flexibility index (Phi) is 39.7. The van der Waals surface area contributed by atoms with Gasteiger partial charge in [-0.25, -0.2) is 0 Å². The van der Waals surface area contributed by atoms with Crippen molar-refractivity contribution in [2.45, 2.75) is 182 Å². The van der Waals surface area contributed by atoms with Gasteiger partial charge in [-0.1, -0.05) is 156 Å². The molecular formula is C44H86N4O7. The quantitative estimate of drug-likeness (QED) is 0.0596. The van der Waals surface area contributed by atoms with E-state index in [4.69, 9.17) is 14.2 Å². The highest BCUT2D eigenvalue weighted by Crippen LogP contribution is 2.11. The molecule has 0 rings (SSSR count). The van der Waals surface area contributed by atoms with Gasteiger partial charge >= 0.3 is 0 Å².